The lowest BCUT2D eigenvalue weighted by molar-refractivity contribution is -0.116. The number of nitrogens with one attached hydrogen (secondary N) is 1. The summed E-state index contributed by atoms with van der Waals surface area (Å²) >= 11 is 0. The van der Waals surface area contributed by atoms with Crippen LogP contribution in [0.5, 0.6) is 0 Å². The van der Waals surface area contributed by atoms with Gasteiger partial charge >= 0.3 is 0 Å². The topological polar surface area (TPSA) is 58.4 Å². The maximum atomic E-state index is 11.0. The number of hydrogen-bond donors (Lipinski definition) is 2. The Morgan fingerprint density at radius 1 is 1.53 bits per heavy atom. The van der Waals surface area contributed by atoms with E-state index in [-0.39, 0.29) is 5.91 Å². The number of fused-ring (bicyclic) bond motifs is 1. The van der Waals surface area contributed by atoms with Crippen LogP contribution in [0.3, 0.4) is 0 Å². The summed E-state index contributed by atoms with van der Waals surface area (Å²) in [5.74, 6) is -0.269. The highest BCUT2D eigenvalue weighted by atomic mass is 16.1. The third-order valence-corrected chi connectivity index (χ3v) is 3.64. The zero-order chi connectivity index (χ0) is 13.8. The lowest BCUT2D eigenvalue weighted by atomic mass is 10.0. The van der Waals surface area contributed by atoms with Crippen LogP contribution in [0, 0.1) is 0 Å². The van der Waals surface area contributed by atoms with Crippen LogP contribution in [0.1, 0.15) is 37.4 Å². The smallest absolute Gasteiger partial charge is 0.236 e. The van der Waals surface area contributed by atoms with E-state index in [2.05, 4.69) is 42.3 Å². The van der Waals surface area contributed by atoms with Crippen molar-refractivity contribution in [2.24, 2.45) is 5.73 Å². The predicted octanol–water partition coefficient (Wildman–Crippen LogP) is 1.59. The van der Waals surface area contributed by atoms with Crippen LogP contribution in [0.4, 0.5) is 5.69 Å². The van der Waals surface area contributed by atoms with Crippen LogP contribution < -0.4 is 16.0 Å². The van der Waals surface area contributed by atoms with Gasteiger partial charge in [-0.25, -0.2) is 0 Å². The van der Waals surface area contributed by atoms with Gasteiger partial charge in [0.05, 0.1) is 6.54 Å². The van der Waals surface area contributed by atoms with E-state index in [9.17, 15) is 4.79 Å². The largest absolute Gasteiger partial charge is 0.368 e. The number of hydrogen-bond acceptors (Lipinski definition) is 3. The highest BCUT2D eigenvalue weighted by Gasteiger charge is 2.21. The first kappa shape index (κ1) is 13.9. The molecule has 1 heterocycles. The molecule has 0 radical (unpaired) electrons. The van der Waals surface area contributed by atoms with E-state index in [1.54, 1.807) is 0 Å². The molecule has 1 aromatic carbocycles. The lowest BCUT2D eigenvalue weighted by Crippen LogP contribution is -2.32. The molecule has 2 rings (SSSR count). The van der Waals surface area contributed by atoms with Gasteiger partial charge in [0.25, 0.3) is 0 Å². The summed E-state index contributed by atoms with van der Waals surface area (Å²) in [7, 11) is 0. The number of carbonyl (C=O) groups is 1. The van der Waals surface area contributed by atoms with Crippen molar-refractivity contribution in [3.8, 4) is 0 Å². The van der Waals surface area contributed by atoms with Crippen LogP contribution in [-0.4, -0.2) is 25.5 Å². The van der Waals surface area contributed by atoms with Crippen molar-refractivity contribution in [1.29, 1.82) is 0 Å². The molecule has 4 heteroatoms. The normalized spacial score (nSPS) is 15.4. The van der Waals surface area contributed by atoms with E-state index < -0.39 is 0 Å². The maximum Gasteiger partial charge on any atom is 0.236 e. The quantitative estimate of drug-likeness (QED) is 0.817. The van der Waals surface area contributed by atoms with E-state index in [1.807, 2.05) is 0 Å². The number of carbonyl (C=O) groups excluding carboxylic acids is 1. The molecule has 1 aromatic rings. The summed E-state index contributed by atoms with van der Waals surface area (Å²) in [5, 5.41) is 3.50. The first-order valence-electron chi connectivity index (χ1n) is 7.01. The van der Waals surface area contributed by atoms with Crippen LogP contribution >= 0.6 is 0 Å². The van der Waals surface area contributed by atoms with Crippen LogP contribution in [0.15, 0.2) is 18.2 Å². The number of anilines is 1. The first-order chi connectivity index (χ1) is 9.11. The van der Waals surface area contributed by atoms with Crippen molar-refractivity contribution in [3.05, 3.63) is 29.3 Å². The van der Waals surface area contributed by atoms with Gasteiger partial charge in [-0.1, -0.05) is 19.1 Å². The summed E-state index contributed by atoms with van der Waals surface area (Å²) in [6.45, 7) is 6.60. The van der Waals surface area contributed by atoms with E-state index in [0.717, 1.165) is 31.6 Å². The molecule has 0 bridgehead atoms. The summed E-state index contributed by atoms with van der Waals surface area (Å²) < 4.78 is 0. The molecule has 1 aliphatic heterocycles. The van der Waals surface area contributed by atoms with Gasteiger partial charge in [-0.2, -0.15) is 0 Å². The van der Waals surface area contributed by atoms with Crippen molar-refractivity contribution >= 4 is 11.6 Å². The molecule has 3 N–H and O–H groups in total. The number of nitrogens with two attached hydrogens (primary N) is 1. The molecule has 0 spiro atoms. The Balaban J connectivity index is 2.10. The second kappa shape index (κ2) is 6.06. The Morgan fingerprint density at radius 2 is 2.32 bits per heavy atom. The fraction of sp³-hybridized carbons (Fsp3) is 0.533. The zero-order valence-corrected chi connectivity index (χ0v) is 11.8. The zero-order valence-electron chi connectivity index (χ0n) is 11.8. The average Bonchev–Trinajstić information content (AvgIpc) is 2.77. The first-order valence-corrected chi connectivity index (χ1v) is 7.01. The van der Waals surface area contributed by atoms with Crippen molar-refractivity contribution in [3.63, 3.8) is 0 Å². The Labute approximate surface area is 115 Å². The van der Waals surface area contributed by atoms with Crippen LogP contribution in [-0.2, 0) is 11.2 Å². The van der Waals surface area contributed by atoms with Crippen molar-refractivity contribution in [1.82, 2.24) is 5.32 Å². The van der Waals surface area contributed by atoms with Gasteiger partial charge in [-0.3, -0.25) is 4.79 Å². The standard InChI is InChI=1S/C15H23N3O/c1-3-7-17-11(2)12-4-5-14-13(9-12)6-8-18(14)10-15(16)19/h4-5,9,11,17H,3,6-8,10H2,1-2H3,(H2,16,19). The maximum absolute atomic E-state index is 11.0. The Bertz CT molecular complexity index is 459. The van der Waals surface area contributed by atoms with Crippen LogP contribution in [0.25, 0.3) is 0 Å². The lowest BCUT2D eigenvalue weighted by Gasteiger charge is -2.19. The SMILES string of the molecule is CCCNC(C)c1ccc2c(c1)CCN2CC(N)=O. The third kappa shape index (κ3) is 3.26. The van der Waals surface area contributed by atoms with Gasteiger partial charge in [0, 0.05) is 18.3 Å². The Kier molecular flexibility index (Phi) is 4.43. The molecule has 0 aliphatic carbocycles. The van der Waals surface area contributed by atoms with Gasteiger partial charge in [0.15, 0.2) is 0 Å². The molecule has 104 valence electrons. The summed E-state index contributed by atoms with van der Waals surface area (Å²) in [6.07, 6.45) is 2.14. The van der Waals surface area contributed by atoms with E-state index in [4.69, 9.17) is 5.73 Å². The second-order valence-corrected chi connectivity index (χ2v) is 5.20. The minimum atomic E-state index is -0.269. The number of benzene rings is 1. The van der Waals surface area contributed by atoms with E-state index in [0.29, 0.717) is 12.6 Å². The molecule has 1 aliphatic rings. The molecule has 19 heavy (non-hydrogen) atoms. The van der Waals surface area contributed by atoms with Gasteiger partial charge < -0.3 is 16.0 Å². The van der Waals surface area contributed by atoms with E-state index >= 15 is 0 Å². The highest BCUT2D eigenvalue weighted by molar-refractivity contribution is 5.80. The van der Waals surface area contributed by atoms with Gasteiger partial charge in [-0.05, 0) is 43.5 Å². The van der Waals surface area contributed by atoms with Gasteiger partial charge in [0.1, 0.15) is 0 Å². The molecule has 0 saturated carbocycles. The summed E-state index contributed by atoms with van der Waals surface area (Å²) in [4.78, 5) is 13.1. The minimum Gasteiger partial charge on any atom is -0.368 e. The number of amides is 1. The number of rotatable bonds is 6. The molecule has 4 nitrogen and oxygen atoms in total. The third-order valence-electron chi connectivity index (χ3n) is 3.64. The summed E-state index contributed by atoms with van der Waals surface area (Å²) in [6, 6.07) is 6.88. The second-order valence-electron chi connectivity index (χ2n) is 5.20. The molecule has 1 unspecified atom stereocenters. The Hall–Kier alpha value is -1.55. The number of nitrogens with zero attached hydrogens (tertiary/aromatic N) is 1. The van der Waals surface area contributed by atoms with Crippen molar-refractivity contribution in [2.45, 2.75) is 32.7 Å². The molecule has 0 saturated heterocycles. The van der Waals surface area contributed by atoms with E-state index in [1.165, 1.54) is 11.1 Å². The molecular formula is C15H23N3O. The minimum absolute atomic E-state index is 0.269. The fourth-order valence-corrected chi connectivity index (χ4v) is 2.59. The molecule has 0 aromatic heterocycles. The summed E-state index contributed by atoms with van der Waals surface area (Å²) in [5.41, 5.74) is 9.07. The monoisotopic (exact) mass is 261 g/mol. The van der Waals surface area contributed by atoms with Crippen molar-refractivity contribution < 1.29 is 4.79 Å². The molecule has 1 atom stereocenters. The van der Waals surface area contributed by atoms with Gasteiger partial charge in [-0.15, -0.1) is 0 Å². The Morgan fingerprint density at radius 3 is 3.00 bits per heavy atom. The highest BCUT2D eigenvalue weighted by Crippen LogP contribution is 2.30. The fourth-order valence-electron chi connectivity index (χ4n) is 2.59. The molecular weight excluding hydrogens is 238 g/mol. The van der Waals surface area contributed by atoms with Gasteiger partial charge in [0.2, 0.25) is 5.91 Å². The molecule has 1 amide bonds. The molecule has 0 fully saturated rings. The van der Waals surface area contributed by atoms with Crippen molar-refractivity contribution in [2.75, 3.05) is 24.5 Å². The predicted molar refractivity (Wildman–Crippen MR) is 78.3 cm³/mol. The number of primary amides is 1. The average molecular weight is 261 g/mol. The van der Waals surface area contributed by atoms with Crippen LogP contribution in [0.2, 0.25) is 0 Å².